The van der Waals surface area contributed by atoms with Crippen molar-refractivity contribution in [2.45, 2.75) is 12.4 Å². The summed E-state index contributed by atoms with van der Waals surface area (Å²) in [6.45, 7) is 0. The van der Waals surface area contributed by atoms with Crippen molar-refractivity contribution in [1.82, 2.24) is 19.6 Å². The van der Waals surface area contributed by atoms with Crippen LogP contribution in [-0.2, 0) is 12.4 Å². The topological polar surface area (TPSA) is 43.1 Å². The number of hydrogen-bond donors (Lipinski definition) is 0. The number of alkyl halides is 6. The summed E-state index contributed by atoms with van der Waals surface area (Å²) < 4.78 is 73.7. The average Bonchev–Trinajstić information content (AvgIpc) is 2.57. The molecule has 0 bridgehead atoms. The monoisotopic (exact) mass is 256 g/mol. The molecule has 0 radical (unpaired) electrons. The highest BCUT2D eigenvalue weighted by molar-refractivity contribution is 5.29. The van der Waals surface area contributed by atoms with Gasteiger partial charge >= 0.3 is 12.4 Å². The highest BCUT2D eigenvalue weighted by Crippen LogP contribution is 2.29. The first kappa shape index (κ1) is 11.6. The van der Waals surface area contributed by atoms with Gasteiger partial charge in [0, 0.05) is 6.20 Å². The minimum Gasteiger partial charge on any atom is -0.206 e. The molecule has 0 N–H and O–H groups in total. The molecule has 4 nitrogen and oxygen atoms in total. The van der Waals surface area contributed by atoms with Crippen molar-refractivity contribution in [1.29, 1.82) is 0 Å². The van der Waals surface area contributed by atoms with Gasteiger partial charge < -0.3 is 0 Å². The lowest BCUT2D eigenvalue weighted by molar-refractivity contribution is -0.144. The molecule has 0 aromatic carbocycles. The first-order valence-corrected chi connectivity index (χ1v) is 4.06. The summed E-state index contributed by atoms with van der Waals surface area (Å²) in [5.41, 5.74) is -1.33. The summed E-state index contributed by atoms with van der Waals surface area (Å²) in [4.78, 5) is 5.82. The van der Waals surface area contributed by atoms with Crippen molar-refractivity contribution in [3.8, 4) is 0 Å². The summed E-state index contributed by atoms with van der Waals surface area (Å²) in [6, 6.07) is 0.516. The molecule has 2 aromatic heterocycles. The van der Waals surface area contributed by atoms with Crippen LogP contribution in [0.25, 0.3) is 5.78 Å². The molecule has 0 saturated heterocycles. The molecule has 17 heavy (non-hydrogen) atoms. The van der Waals surface area contributed by atoms with Gasteiger partial charge in [-0.1, -0.05) is 0 Å². The molecule has 0 spiro atoms. The van der Waals surface area contributed by atoms with Gasteiger partial charge in [0.15, 0.2) is 0 Å². The lowest BCUT2D eigenvalue weighted by Crippen LogP contribution is -2.09. The van der Waals surface area contributed by atoms with Crippen LogP contribution in [0.5, 0.6) is 0 Å². The van der Waals surface area contributed by atoms with E-state index in [0.29, 0.717) is 16.8 Å². The summed E-state index contributed by atoms with van der Waals surface area (Å²) in [7, 11) is 0. The Bertz CT molecular complexity index is 541. The van der Waals surface area contributed by atoms with E-state index in [4.69, 9.17) is 0 Å². The van der Waals surface area contributed by atoms with Gasteiger partial charge in [0.2, 0.25) is 0 Å². The van der Waals surface area contributed by atoms with Gasteiger partial charge in [-0.3, -0.25) is 0 Å². The first-order valence-electron chi connectivity index (χ1n) is 4.06. The van der Waals surface area contributed by atoms with Crippen LogP contribution < -0.4 is 0 Å². The number of halogens is 6. The zero-order chi connectivity index (χ0) is 12.8. The third-order valence-electron chi connectivity index (χ3n) is 1.75. The lowest BCUT2D eigenvalue weighted by atomic mass is 10.4. The quantitative estimate of drug-likeness (QED) is 0.678. The fourth-order valence-electron chi connectivity index (χ4n) is 1.06. The van der Waals surface area contributed by atoms with Gasteiger partial charge in [0.05, 0.1) is 0 Å². The SMILES string of the molecule is FC(F)(F)c1ccn2nc(C(F)(F)F)nc2n1. The molecule has 0 atom stereocenters. The molecular formula is C7H2F6N4. The van der Waals surface area contributed by atoms with E-state index in [9.17, 15) is 26.3 Å². The van der Waals surface area contributed by atoms with Crippen LogP contribution in [-0.4, -0.2) is 19.6 Å². The fraction of sp³-hybridized carbons (Fsp3) is 0.286. The van der Waals surface area contributed by atoms with E-state index in [1.165, 1.54) is 0 Å². The van der Waals surface area contributed by atoms with Crippen LogP contribution in [0.1, 0.15) is 11.5 Å². The van der Waals surface area contributed by atoms with E-state index in [1.807, 2.05) is 0 Å². The van der Waals surface area contributed by atoms with Gasteiger partial charge in [-0.2, -0.15) is 31.3 Å². The Balaban J connectivity index is 2.56. The molecule has 2 rings (SSSR count). The number of fused-ring (bicyclic) bond motifs is 1. The van der Waals surface area contributed by atoms with Crippen molar-refractivity contribution < 1.29 is 26.3 Å². The van der Waals surface area contributed by atoms with Crippen molar-refractivity contribution in [2.75, 3.05) is 0 Å². The maximum Gasteiger partial charge on any atom is 0.453 e. The van der Waals surface area contributed by atoms with Crippen molar-refractivity contribution in [2.24, 2.45) is 0 Å². The molecule has 0 fully saturated rings. The number of rotatable bonds is 0. The molecule has 92 valence electrons. The second-order valence-electron chi connectivity index (χ2n) is 2.99. The van der Waals surface area contributed by atoms with E-state index in [1.54, 1.807) is 0 Å². The molecule has 2 aromatic rings. The Morgan fingerprint density at radius 3 is 2.12 bits per heavy atom. The number of nitrogens with zero attached hydrogens (tertiary/aromatic N) is 4. The minimum atomic E-state index is -4.83. The Morgan fingerprint density at radius 1 is 0.941 bits per heavy atom. The lowest BCUT2D eigenvalue weighted by Gasteiger charge is -2.03. The van der Waals surface area contributed by atoms with Crippen LogP contribution in [0.4, 0.5) is 26.3 Å². The normalized spacial score (nSPS) is 13.3. The van der Waals surface area contributed by atoms with Crippen molar-refractivity contribution >= 4 is 5.78 Å². The number of aromatic nitrogens is 4. The van der Waals surface area contributed by atoms with Gasteiger partial charge in [-0.25, -0.2) is 9.50 Å². The Morgan fingerprint density at radius 2 is 1.59 bits per heavy atom. The van der Waals surface area contributed by atoms with Crippen LogP contribution in [0, 0.1) is 0 Å². The second kappa shape index (κ2) is 3.31. The van der Waals surface area contributed by atoms with E-state index in [0.717, 1.165) is 0 Å². The molecule has 0 amide bonds. The van der Waals surface area contributed by atoms with Crippen molar-refractivity contribution in [3.05, 3.63) is 23.8 Å². The summed E-state index contributed by atoms with van der Waals surface area (Å²) in [5.74, 6) is -2.29. The Labute approximate surface area is 88.9 Å². The van der Waals surface area contributed by atoms with Gasteiger partial charge in [-0.15, -0.1) is 5.10 Å². The third kappa shape index (κ3) is 2.15. The average molecular weight is 256 g/mol. The molecule has 0 aliphatic rings. The van der Waals surface area contributed by atoms with Crippen LogP contribution >= 0.6 is 0 Å². The Kier molecular flexibility index (Phi) is 2.26. The third-order valence-corrected chi connectivity index (χ3v) is 1.75. The molecular weight excluding hydrogens is 254 g/mol. The summed E-state index contributed by atoms with van der Waals surface area (Å²) in [5, 5.41) is 2.96. The fourth-order valence-corrected chi connectivity index (χ4v) is 1.06. The molecule has 0 saturated carbocycles. The smallest absolute Gasteiger partial charge is 0.206 e. The highest BCUT2D eigenvalue weighted by atomic mass is 19.4. The van der Waals surface area contributed by atoms with E-state index < -0.39 is 29.6 Å². The first-order chi connectivity index (χ1) is 7.68. The zero-order valence-electron chi connectivity index (χ0n) is 7.71. The maximum absolute atomic E-state index is 12.2. The van der Waals surface area contributed by atoms with Crippen LogP contribution in [0.15, 0.2) is 12.3 Å². The van der Waals surface area contributed by atoms with E-state index in [-0.39, 0.29) is 0 Å². The van der Waals surface area contributed by atoms with E-state index in [2.05, 4.69) is 15.1 Å². The van der Waals surface area contributed by atoms with Crippen molar-refractivity contribution in [3.63, 3.8) is 0 Å². The summed E-state index contributed by atoms with van der Waals surface area (Å²) >= 11 is 0. The molecule has 0 aliphatic carbocycles. The summed E-state index contributed by atoms with van der Waals surface area (Å²) in [6.07, 6.45) is -8.86. The Hall–Kier alpha value is -1.87. The number of hydrogen-bond acceptors (Lipinski definition) is 3. The van der Waals surface area contributed by atoms with Gasteiger partial charge in [-0.05, 0) is 6.07 Å². The minimum absolute atomic E-state index is 0.516. The highest BCUT2D eigenvalue weighted by Gasteiger charge is 2.37. The van der Waals surface area contributed by atoms with E-state index >= 15 is 0 Å². The van der Waals surface area contributed by atoms with Crippen LogP contribution in [0.3, 0.4) is 0 Å². The molecule has 10 heteroatoms. The van der Waals surface area contributed by atoms with Gasteiger partial charge in [0.1, 0.15) is 5.69 Å². The molecule has 2 heterocycles. The molecule has 0 unspecified atom stereocenters. The standard InChI is InChI=1S/C7H2F6N4/c8-6(9,10)3-1-2-17-5(14-3)15-4(16-17)7(11,12)13/h1-2H. The predicted octanol–water partition coefficient (Wildman–Crippen LogP) is 2.16. The zero-order valence-corrected chi connectivity index (χ0v) is 7.71. The van der Waals surface area contributed by atoms with Gasteiger partial charge in [0.25, 0.3) is 11.6 Å². The second-order valence-corrected chi connectivity index (χ2v) is 2.99. The molecule has 0 aliphatic heterocycles. The maximum atomic E-state index is 12.2. The van der Waals surface area contributed by atoms with Crippen LogP contribution in [0.2, 0.25) is 0 Å². The largest absolute Gasteiger partial charge is 0.453 e. The predicted molar refractivity (Wildman–Crippen MR) is 40.8 cm³/mol.